The molecule has 2 aliphatic rings. The quantitative estimate of drug-likeness (QED) is 0.768. The van der Waals surface area contributed by atoms with Crippen molar-refractivity contribution in [2.24, 2.45) is 11.8 Å². The lowest BCUT2D eigenvalue weighted by Crippen LogP contribution is -2.48. The smallest absolute Gasteiger partial charge is 0.409 e. The zero-order valence-electron chi connectivity index (χ0n) is 15.5. The van der Waals surface area contributed by atoms with Crippen LogP contribution in [0, 0.1) is 11.8 Å². The van der Waals surface area contributed by atoms with Gasteiger partial charge in [-0.05, 0) is 37.5 Å². The molecule has 0 aliphatic carbocycles. The number of rotatable bonds is 5. The van der Waals surface area contributed by atoms with E-state index in [9.17, 15) is 9.59 Å². The molecule has 0 spiro atoms. The van der Waals surface area contributed by atoms with Gasteiger partial charge in [0.2, 0.25) is 0 Å². The summed E-state index contributed by atoms with van der Waals surface area (Å²) < 4.78 is 9.95. The fourth-order valence-corrected chi connectivity index (χ4v) is 4.88. The van der Waals surface area contributed by atoms with Gasteiger partial charge in [0, 0.05) is 25.2 Å². The predicted molar refractivity (Wildman–Crippen MR) is 91.8 cm³/mol. The molecule has 2 saturated heterocycles. The van der Waals surface area contributed by atoms with Crippen LogP contribution in [0.5, 0.6) is 0 Å². The average Bonchev–Trinajstić information content (AvgIpc) is 3.27. The van der Waals surface area contributed by atoms with Gasteiger partial charge < -0.3 is 19.3 Å². The molecule has 138 valence electrons. The highest BCUT2D eigenvalue weighted by Gasteiger charge is 2.43. The molecule has 0 saturated carbocycles. The van der Waals surface area contributed by atoms with Gasteiger partial charge in [0.05, 0.1) is 14.2 Å². The number of nitrogens with zero attached hydrogens (tertiary/aromatic N) is 2. The molecule has 24 heavy (non-hydrogen) atoms. The predicted octanol–water partition coefficient (Wildman–Crippen LogP) is 3.50. The van der Waals surface area contributed by atoms with Crippen molar-refractivity contribution in [3.8, 4) is 0 Å². The number of methoxy groups -OCH3 is 2. The molecule has 2 fully saturated rings. The van der Waals surface area contributed by atoms with Crippen LogP contribution in [-0.4, -0.2) is 61.4 Å². The van der Waals surface area contributed by atoms with Gasteiger partial charge in [-0.25, -0.2) is 9.59 Å². The van der Waals surface area contributed by atoms with Gasteiger partial charge in [0.25, 0.3) is 0 Å². The Kier molecular flexibility index (Phi) is 6.75. The maximum absolute atomic E-state index is 12.1. The van der Waals surface area contributed by atoms with E-state index in [1.54, 1.807) is 0 Å². The van der Waals surface area contributed by atoms with E-state index in [0.717, 1.165) is 51.6 Å². The van der Waals surface area contributed by atoms with Crippen molar-refractivity contribution >= 4 is 12.2 Å². The van der Waals surface area contributed by atoms with Gasteiger partial charge in [-0.15, -0.1) is 0 Å². The Balaban J connectivity index is 2.19. The van der Waals surface area contributed by atoms with Crippen LogP contribution in [0.25, 0.3) is 0 Å². The van der Waals surface area contributed by atoms with Crippen LogP contribution in [0.4, 0.5) is 9.59 Å². The minimum atomic E-state index is -0.220. The molecule has 2 heterocycles. The first-order valence-corrected chi connectivity index (χ1v) is 9.28. The summed E-state index contributed by atoms with van der Waals surface area (Å²) in [6.07, 6.45) is 5.66. The van der Waals surface area contributed by atoms with E-state index in [1.807, 2.05) is 9.80 Å². The molecule has 2 aliphatic heterocycles. The average molecular weight is 340 g/mol. The van der Waals surface area contributed by atoms with E-state index in [-0.39, 0.29) is 24.3 Å². The van der Waals surface area contributed by atoms with E-state index in [2.05, 4.69) is 13.8 Å². The van der Waals surface area contributed by atoms with Gasteiger partial charge >= 0.3 is 12.2 Å². The minimum absolute atomic E-state index is 0.215. The standard InChI is InChI=1S/C18H32N2O4/c1-5-13(15-9-7-11-19(15)17(21)23-3)14(6-2)16-10-8-12-20(16)18(22)24-4/h13-16H,5-12H2,1-4H3. The maximum atomic E-state index is 12.1. The number of amides is 2. The Morgan fingerprint density at radius 2 is 1.25 bits per heavy atom. The third kappa shape index (κ3) is 3.62. The summed E-state index contributed by atoms with van der Waals surface area (Å²) in [6, 6.07) is 0.431. The van der Waals surface area contributed by atoms with Crippen LogP contribution in [0.2, 0.25) is 0 Å². The van der Waals surface area contributed by atoms with Gasteiger partial charge in [0.15, 0.2) is 0 Å². The van der Waals surface area contributed by atoms with Crippen molar-refractivity contribution in [1.29, 1.82) is 0 Å². The number of ether oxygens (including phenoxy) is 2. The topological polar surface area (TPSA) is 59.1 Å². The lowest BCUT2D eigenvalue weighted by atomic mass is 9.76. The Bertz CT molecular complexity index is 403. The van der Waals surface area contributed by atoms with Crippen LogP contribution in [0.15, 0.2) is 0 Å². The van der Waals surface area contributed by atoms with Crippen molar-refractivity contribution in [1.82, 2.24) is 9.80 Å². The molecule has 0 aromatic heterocycles. The Hall–Kier alpha value is -1.46. The molecule has 0 N–H and O–H groups in total. The normalized spacial score (nSPS) is 26.3. The van der Waals surface area contributed by atoms with Gasteiger partial charge in [-0.1, -0.05) is 26.7 Å². The fraction of sp³-hybridized carbons (Fsp3) is 0.889. The van der Waals surface area contributed by atoms with E-state index in [0.29, 0.717) is 11.8 Å². The van der Waals surface area contributed by atoms with Crippen molar-refractivity contribution in [2.75, 3.05) is 27.3 Å². The second-order valence-electron chi connectivity index (χ2n) is 6.89. The summed E-state index contributed by atoms with van der Waals surface area (Å²) in [5, 5.41) is 0. The molecule has 2 amide bonds. The second-order valence-corrected chi connectivity index (χ2v) is 6.89. The number of likely N-dealkylation sites (tertiary alicyclic amines) is 2. The Labute approximate surface area is 145 Å². The Morgan fingerprint density at radius 3 is 1.54 bits per heavy atom. The molecule has 4 unspecified atom stereocenters. The largest absolute Gasteiger partial charge is 0.453 e. The van der Waals surface area contributed by atoms with Crippen LogP contribution >= 0.6 is 0 Å². The zero-order valence-corrected chi connectivity index (χ0v) is 15.5. The molecule has 0 bridgehead atoms. The summed E-state index contributed by atoms with van der Waals surface area (Å²) in [5.74, 6) is 0.763. The molecule has 0 aromatic rings. The van der Waals surface area contributed by atoms with Crippen molar-refractivity contribution in [3.63, 3.8) is 0 Å². The highest BCUT2D eigenvalue weighted by molar-refractivity contribution is 5.69. The van der Waals surface area contributed by atoms with Crippen molar-refractivity contribution < 1.29 is 19.1 Å². The van der Waals surface area contributed by atoms with Crippen molar-refractivity contribution in [3.05, 3.63) is 0 Å². The first-order chi connectivity index (χ1) is 11.6. The fourth-order valence-electron chi connectivity index (χ4n) is 4.88. The number of hydrogen-bond donors (Lipinski definition) is 0. The van der Waals surface area contributed by atoms with E-state index < -0.39 is 0 Å². The van der Waals surface area contributed by atoms with Gasteiger partial charge in [-0.3, -0.25) is 0 Å². The van der Waals surface area contributed by atoms with Crippen LogP contribution in [-0.2, 0) is 9.47 Å². The van der Waals surface area contributed by atoms with Gasteiger partial charge in [-0.2, -0.15) is 0 Å². The van der Waals surface area contributed by atoms with E-state index in [1.165, 1.54) is 14.2 Å². The lowest BCUT2D eigenvalue weighted by molar-refractivity contribution is 0.0597. The van der Waals surface area contributed by atoms with E-state index in [4.69, 9.17) is 9.47 Å². The molecule has 0 radical (unpaired) electrons. The zero-order chi connectivity index (χ0) is 17.7. The molecule has 4 atom stereocenters. The lowest BCUT2D eigenvalue weighted by Gasteiger charge is -2.40. The Morgan fingerprint density at radius 1 is 0.875 bits per heavy atom. The molecular formula is C18H32N2O4. The van der Waals surface area contributed by atoms with Crippen LogP contribution in [0.1, 0.15) is 52.4 Å². The van der Waals surface area contributed by atoms with Crippen molar-refractivity contribution in [2.45, 2.75) is 64.5 Å². The summed E-state index contributed by atoms with van der Waals surface area (Å²) in [7, 11) is 2.90. The highest BCUT2D eigenvalue weighted by Crippen LogP contribution is 2.39. The molecular weight excluding hydrogens is 308 g/mol. The summed E-state index contributed by atoms with van der Waals surface area (Å²) in [4.78, 5) is 28.0. The highest BCUT2D eigenvalue weighted by atomic mass is 16.5. The molecule has 6 nitrogen and oxygen atoms in total. The number of carbonyl (C=O) groups is 2. The summed E-state index contributed by atoms with van der Waals surface area (Å²) in [6.45, 7) is 5.93. The van der Waals surface area contributed by atoms with Gasteiger partial charge in [0.1, 0.15) is 0 Å². The van der Waals surface area contributed by atoms with Crippen LogP contribution in [0.3, 0.4) is 0 Å². The third-order valence-corrected chi connectivity index (χ3v) is 5.90. The minimum Gasteiger partial charge on any atom is -0.453 e. The third-order valence-electron chi connectivity index (χ3n) is 5.90. The SMILES string of the molecule is CCC(C(CC)C1CCCN1C(=O)OC)C1CCCN1C(=O)OC. The summed E-state index contributed by atoms with van der Waals surface area (Å²) >= 11 is 0. The summed E-state index contributed by atoms with van der Waals surface area (Å²) in [5.41, 5.74) is 0. The number of hydrogen-bond acceptors (Lipinski definition) is 4. The first-order valence-electron chi connectivity index (χ1n) is 9.28. The number of carbonyl (C=O) groups excluding carboxylic acids is 2. The maximum Gasteiger partial charge on any atom is 0.409 e. The monoisotopic (exact) mass is 340 g/mol. The molecule has 2 rings (SSSR count). The molecule has 6 heteroatoms. The second kappa shape index (κ2) is 8.58. The van der Waals surface area contributed by atoms with Crippen LogP contribution < -0.4 is 0 Å². The molecule has 0 aromatic carbocycles. The first kappa shape index (κ1) is 18.9. The van der Waals surface area contributed by atoms with E-state index >= 15 is 0 Å².